The van der Waals surface area contributed by atoms with Crippen molar-refractivity contribution in [2.24, 2.45) is 4.99 Å². The number of hydrogen-bond acceptors (Lipinski definition) is 3. The maximum Gasteiger partial charge on any atom is 0.240 e. The van der Waals surface area contributed by atoms with Crippen LogP contribution in [0.5, 0.6) is 0 Å². The summed E-state index contributed by atoms with van der Waals surface area (Å²) in [5, 5.41) is 6.28. The summed E-state index contributed by atoms with van der Waals surface area (Å²) in [6, 6.07) is 8.54. The van der Waals surface area contributed by atoms with Gasteiger partial charge >= 0.3 is 0 Å². The zero-order valence-electron chi connectivity index (χ0n) is 17.0. The molecule has 27 heavy (non-hydrogen) atoms. The number of nitrogens with one attached hydrogen (secondary N) is 2. The van der Waals surface area contributed by atoms with Crippen molar-refractivity contribution in [1.29, 1.82) is 0 Å². The number of nitrogens with zero attached hydrogens (tertiary/aromatic N) is 3. The van der Waals surface area contributed by atoms with Gasteiger partial charge in [-0.15, -0.1) is 24.0 Å². The van der Waals surface area contributed by atoms with Crippen LogP contribution in [0, 0.1) is 0 Å². The van der Waals surface area contributed by atoms with Crippen molar-refractivity contribution in [2.75, 3.05) is 38.6 Å². The molecule has 0 saturated heterocycles. The van der Waals surface area contributed by atoms with Crippen LogP contribution in [0.4, 0.5) is 5.69 Å². The predicted octanol–water partition coefficient (Wildman–Crippen LogP) is 2.60. The van der Waals surface area contributed by atoms with Crippen LogP contribution in [0.25, 0.3) is 0 Å². The fraction of sp³-hybridized carbons (Fsp3) is 0.500. The maximum atomic E-state index is 12.1. The van der Waals surface area contributed by atoms with Gasteiger partial charge in [0.2, 0.25) is 5.91 Å². The molecule has 0 aliphatic carbocycles. The van der Waals surface area contributed by atoms with E-state index in [1.807, 2.05) is 32.7 Å². The van der Waals surface area contributed by atoms with Crippen molar-refractivity contribution in [1.82, 2.24) is 15.5 Å². The lowest BCUT2D eigenvalue weighted by Gasteiger charge is -2.25. The number of rotatable bonds is 5. The van der Waals surface area contributed by atoms with Crippen molar-refractivity contribution < 1.29 is 4.79 Å². The van der Waals surface area contributed by atoms with Gasteiger partial charge in [0.15, 0.2) is 5.96 Å². The second-order valence-corrected chi connectivity index (χ2v) is 7.60. The zero-order chi connectivity index (χ0) is 19.2. The van der Waals surface area contributed by atoms with Gasteiger partial charge in [-0.2, -0.15) is 0 Å². The van der Waals surface area contributed by atoms with Gasteiger partial charge in [0.05, 0.1) is 6.54 Å². The molecule has 0 atom stereocenters. The number of hydrogen-bond donors (Lipinski definition) is 2. The molecule has 0 unspecified atom stereocenters. The van der Waals surface area contributed by atoms with Crippen molar-refractivity contribution >= 4 is 41.5 Å². The molecule has 6 nitrogen and oxygen atoms in total. The molecule has 1 amide bonds. The molecule has 1 aromatic rings. The van der Waals surface area contributed by atoms with Crippen LogP contribution >= 0.6 is 24.0 Å². The fourth-order valence-electron chi connectivity index (χ4n) is 2.83. The molecule has 1 aliphatic heterocycles. The van der Waals surface area contributed by atoms with E-state index in [4.69, 9.17) is 0 Å². The minimum Gasteiger partial charge on any atom is -0.364 e. The Balaban J connectivity index is 0.00000364. The van der Waals surface area contributed by atoms with Crippen molar-refractivity contribution in [3.05, 3.63) is 42.0 Å². The highest BCUT2D eigenvalue weighted by Gasteiger charge is 2.16. The van der Waals surface area contributed by atoms with E-state index in [9.17, 15) is 4.79 Å². The van der Waals surface area contributed by atoms with Gasteiger partial charge in [-0.1, -0.05) is 24.3 Å². The molecule has 1 aliphatic rings. The molecule has 2 N–H and O–H groups in total. The monoisotopic (exact) mass is 485 g/mol. The Labute approximate surface area is 180 Å². The summed E-state index contributed by atoms with van der Waals surface area (Å²) in [5.41, 5.74) is 2.18. The standard InChI is InChI=1S/C20H31N5O.HI/c1-20(2,3)23-18(26)15-24(5)19(21-4)22-14-16-8-10-17(11-9-16)25-12-6-7-13-25;/h6-11H,12-15H2,1-5H3,(H,21,22)(H,23,26);1H. The van der Waals surface area contributed by atoms with E-state index in [1.165, 1.54) is 11.3 Å². The number of guanidine groups is 1. The molecule has 150 valence electrons. The quantitative estimate of drug-likeness (QED) is 0.292. The van der Waals surface area contributed by atoms with E-state index in [2.05, 4.69) is 56.9 Å². The average Bonchev–Trinajstić information content (AvgIpc) is 3.08. The first kappa shape index (κ1) is 23.3. The molecule has 7 heteroatoms. The van der Waals surface area contributed by atoms with Gasteiger partial charge in [0.1, 0.15) is 0 Å². The van der Waals surface area contributed by atoms with E-state index in [0.717, 1.165) is 13.1 Å². The molecule has 0 spiro atoms. The number of amides is 1. The summed E-state index contributed by atoms with van der Waals surface area (Å²) in [4.78, 5) is 20.5. The van der Waals surface area contributed by atoms with Gasteiger partial charge in [0, 0.05) is 45.0 Å². The Morgan fingerprint density at radius 3 is 2.30 bits per heavy atom. The smallest absolute Gasteiger partial charge is 0.240 e. The molecule has 2 rings (SSSR count). The number of carbonyl (C=O) groups is 1. The van der Waals surface area contributed by atoms with Crippen LogP contribution in [-0.2, 0) is 11.3 Å². The molecular formula is C20H32IN5O. The first-order valence-electron chi connectivity index (χ1n) is 9.00. The molecule has 0 radical (unpaired) electrons. The lowest BCUT2D eigenvalue weighted by Crippen LogP contribution is -2.48. The van der Waals surface area contributed by atoms with Gasteiger partial charge < -0.3 is 20.4 Å². The van der Waals surface area contributed by atoms with Gasteiger partial charge in [-0.3, -0.25) is 9.79 Å². The first-order valence-corrected chi connectivity index (χ1v) is 9.00. The minimum absolute atomic E-state index is 0. The van der Waals surface area contributed by atoms with Crippen LogP contribution in [0.15, 0.2) is 41.4 Å². The molecule has 0 saturated carbocycles. The lowest BCUT2D eigenvalue weighted by molar-refractivity contribution is -0.122. The van der Waals surface area contributed by atoms with Crippen LogP contribution < -0.4 is 15.5 Å². The predicted molar refractivity (Wildman–Crippen MR) is 124 cm³/mol. The molecule has 0 fully saturated rings. The average molecular weight is 485 g/mol. The van der Waals surface area contributed by atoms with Crippen LogP contribution in [0.2, 0.25) is 0 Å². The highest BCUT2D eigenvalue weighted by Crippen LogP contribution is 2.17. The third-order valence-corrected chi connectivity index (χ3v) is 4.04. The van der Waals surface area contributed by atoms with Gasteiger partial charge in [-0.25, -0.2) is 0 Å². The zero-order valence-corrected chi connectivity index (χ0v) is 19.3. The highest BCUT2D eigenvalue weighted by molar-refractivity contribution is 14.0. The summed E-state index contributed by atoms with van der Waals surface area (Å²) in [7, 11) is 3.59. The van der Waals surface area contributed by atoms with E-state index in [1.54, 1.807) is 7.05 Å². The van der Waals surface area contributed by atoms with E-state index >= 15 is 0 Å². The van der Waals surface area contributed by atoms with E-state index in [0.29, 0.717) is 12.5 Å². The fourth-order valence-corrected chi connectivity index (χ4v) is 2.83. The maximum absolute atomic E-state index is 12.1. The number of aliphatic imine (C=N–C) groups is 1. The minimum atomic E-state index is -0.235. The summed E-state index contributed by atoms with van der Waals surface area (Å²) in [6.45, 7) is 8.80. The highest BCUT2D eigenvalue weighted by atomic mass is 127. The van der Waals surface area contributed by atoms with E-state index in [-0.39, 0.29) is 42.0 Å². The Bertz CT molecular complexity index is 656. The third-order valence-electron chi connectivity index (χ3n) is 4.04. The lowest BCUT2D eigenvalue weighted by atomic mass is 10.1. The molecule has 0 bridgehead atoms. The molecule has 0 aromatic heterocycles. The van der Waals surface area contributed by atoms with Crippen molar-refractivity contribution in [2.45, 2.75) is 32.9 Å². The van der Waals surface area contributed by atoms with E-state index < -0.39 is 0 Å². The number of anilines is 1. The van der Waals surface area contributed by atoms with Crippen LogP contribution in [-0.4, -0.2) is 56.0 Å². The Kier molecular flexibility index (Phi) is 9.08. The second-order valence-electron chi connectivity index (χ2n) is 7.60. The molecule has 1 aromatic carbocycles. The van der Waals surface area contributed by atoms with Gasteiger partial charge in [-0.05, 0) is 38.5 Å². The second kappa shape index (κ2) is 10.5. The Morgan fingerprint density at radius 1 is 1.19 bits per heavy atom. The van der Waals surface area contributed by atoms with Crippen LogP contribution in [0.3, 0.4) is 0 Å². The third kappa shape index (κ3) is 7.78. The topological polar surface area (TPSA) is 60.0 Å². The largest absolute Gasteiger partial charge is 0.364 e. The van der Waals surface area contributed by atoms with Crippen LogP contribution in [0.1, 0.15) is 26.3 Å². The Morgan fingerprint density at radius 2 is 1.78 bits per heavy atom. The summed E-state index contributed by atoms with van der Waals surface area (Å²) >= 11 is 0. The molecule has 1 heterocycles. The van der Waals surface area contributed by atoms with Gasteiger partial charge in [0.25, 0.3) is 0 Å². The summed E-state index contributed by atoms with van der Waals surface area (Å²) in [6.07, 6.45) is 4.37. The Hall–Kier alpha value is -1.77. The number of likely N-dealkylation sites (N-methyl/N-ethyl adjacent to an activating group) is 1. The molecular weight excluding hydrogens is 453 g/mol. The number of carbonyl (C=O) groups excluding carboxylic acids is 1. The summed E-state index contributed by atoms with van der Waals surface area (Å²) in [5.74, 6) is 0.674. The SMILES string of the molecule is CN=C(NCc1ccc(N2CC=CC2)cc1)N(C)CC(=O)NC(C)(C)C.I. The first-order chi connectivity index (χ1) is 12.3. The van der Waals surface area contributed by atoms with Crippen molar-refractivity contribution in [3.8, 4) is 0 Å². The normalized spacial score (nSPS) is 14.0. The summed E-state index contributed by atoms with van der Waals surface area (Å²) < 4.78 is 0. The number of benzene rings is 1. The number of halogens is 1. The van der Waals surface area contributed by atoms with Crippen molar-refractivity contribution in [3.63, 3.8) is 0 Å².